The van der Waals surface area contributed by atoms with Gasteiger partial charge in [0.1, 0.15) is 24.0 Å². The van der Waals surface area contributed by atoms with E-state index >= 15 is 0 Å². The summed E-state index contributed by atoms with van der Waals surface area (Å²) in [6.45, 7) is 6.30. The minimum absolute atomic E-state index is 0.0104. The zero-order valence-corrected chi connectivity index (χ0v) is 11.8. The average Bonchev–Trinajstić information content (AvgIpc) is 2.77. The minimum Gasteiger partial charge on any atom is -0.489 e. The summed E-state index contributed by atoms with van der Waals surface area (Å²) in [6, 6.07) is 1.32. The monoisotopic (exact) mass is 283 g/mol. The van der Waals surface area contributed by atoms with Crippen molar-refractivity contribution in [1.82, 2.24) is 15.3 Å². The van der Waals surface area contributed by atoms with Gasteiger partial charge in [-0.05, 0) is 32.9 Å². The van der Waals surface area contributed by atoms with Crippen molar-refractivity contribution in [2.75, 3.05) is 13.2 Å². The van der Waals surface area contributed by atoms with Crippen molar-refractivity contribution in [2.24, 2.45) is 0 Å². The third-order valence-electron chi connectivity index (χ3n) is 2.66. The summed E-state index contributed by atoms with van der Waals surface area (Å²) < 4.78 is 21.1. The van der Waals surface area contributed by atoms with Crippen molar-refractivity contribution in [2.45, 2.75) is 32.4 Å². The predicted molar refractivity (Wildman–Crippen MR) is 78.2 cm³/mol. The molecule has 1 aromatic carbocycles. The summed E-state index contributed by atoms with van der Waals surface area (Å²) in [6.07, 6.45) is -0.755. The fraction of sp³-hybridized carbons (Fsp3) is 0.500. The van der Waals surface area contributed by atoms with Crippen molar-refractivity contribution in [3.05, 3.63) is 28.6 Å². The van der Waals surface area contributed by atoms with Crippen LogP contribution in [0, 0.1) is 0 Å². The van der Waals surface area contributed by atoms with Crippen LogP contribution >= 0.6 is 0 Å². The molecule has 0 amide bonds. The van der Waals surface area contributed by atoms with E-state index in [0.29, 0.717) is 12.1 Å². The number of ether oxygens (including phenoxy) is 1. The summed E-state index contributed by atoms with van der Waals surface area (Å²) in [4.78, 5) is 16.4. The highest BCUT2D eigenvalue weighted by atomic mass is 16.5. The molecule has 6 nitrogen and oxygen atoms in total. The van der Waals surface area contributed by atoms with Gasteiger partial charge in [-0.3, -0.25) is 0 Å². The van der Waals surface area contributed by atoms with Crippen LogP contribution in [0.15, 0.2) is 22.9 Å². The number of fused-ring (bicyclic) bond motifs is 1. The number of aliphatic hydroxyl groups is 1. The lowest BCUT2D eigenvalue weighted by atomic mass is 10.1. The highest BCUT2D eigenvalue weighted by Gasteiger charge is 2.13. The van der Waals surface area contributed by atoms with Crippen LogP contribution in [0.25, 0.3) is 11.0 Å². The van der Waals surface area contributed by atoms with E-state index in [1.807, 2.05) is 20.8 Å². The number of rotatable bonds is 5. The lowest BCUT2D eigenvalue weighted by Gasteiger charge is -2.23. The topological polar surface area (TPSA) is 90.1 Å². The van der Waals surface area contributed by atoms with Gasteiger partial charge in [0, 0.05) is 12.1 Å². The first-order chi connectivity index (χ1) is 10.2. The lowest BCUT2D eigenvalue weighted by Crippen LogP contribution is -2.42. The maximum Gasteiger partial charge on any atom is 0.323 e. The molecule has 110 valence electrons. The van der Waals surface area contributed by atoms with E-state index in [0.717, 1.165) is 0 Å². The molecule has 6 heteroatoms. The molecule has 0 radical (unpaired) electrons. The number of hydrogen-bond acceptors (Lipinski definition) is 4. The molecule has 1 atom stereocenters. The third-order valence-corrected chi connectivity index (χ3v) is 2.66. The molecule has 0 aliphatic carbocycles. The van der Waals surface area contributed by atoms with Gasteiger partial charge < -0.3 is 25.1 Å². The number of para-hydroxylation sites is 1. The van der Waals surface area contributed by atoms with Gasteiger partial charge in [-0.15, -0.1) is 0 Å². The van der Waals surface area contributed by atoms with E-state index in [2.05, 4.69) is 15.3 Å². The van der Waals surface area contributed by atoms with Crippen LogP contribution in [-0.4, -0.2) is 39.9 Å². The highest BCUT2D eigenvalue weighted by Crippen LogP contribution is 2.20. The molecule has 0 fully saturated rings. The van der Waals surface area contributed by atoms with Gasteiger partial charge in [0.15, 0.2) is 0 Å². The lowest BCUT2D eigenvalue weighted by molar-refractivity contribution is 0.101. The van der Waals surface area contributed by atoms with Crippen molar-refractivity contribution in [1.29, 1.82) is 0 Å². The Bertz CT molecular complexity index is 718. The van der Waals surface area contributed by atoms with E-state index in [4.69, 9.17) is 7.48 Å². The molecule has 0 aliphatic heterocycles. The second-order valence-electron chi connectivity index (χ2n) is 5.69. The summed E-state index contributed by atoms with van der Waals surface area (Å²) >= 11 is 0. The Kier molecular flexibility index (Phi) is 3.41. The molecule has 0 unspecified atom stereocenters. The predicted octanol–water partition coefficient (Wildman–Crippen LogP) is 0.984. The Balaban J connectivity index is 2.13. The summed E-state index contributed by atoms with van der Waals surface area (Å²) in [7, 11) is 0. The van der Waals surface area contributed by atoms with Gasteiger partial charge >= 0.3 is 5.69 Å². The van der Waals surface area contributed by atoms with Crippen LogP contribution in [-0.2, 0) is 0 Å². The fourth-order valence-corrected chi connectivity index (χ4v) is 1.68. The molecule has 0 bridgehead atoms. The molecule has 0 spiro atoms. The standard InChI is InChI=1S/C14H21N3O3/c1-14(2,3)15-7-9(18)8-20-11-6-4-5-10-12(11)17-13(19)16-10/h4-6,9,15,18H,7-8H2,1-3H3,(H2,16,17,19)/t9-/m0/s1/i5T,6T. The Morgan fingerprint density at radius 2 is 2.20 bits per heavy atom. The van der Waals surface area contributed by atoms with E-state index in [9.17, 15) is 9.90 Å². The van der Waals surface area contributed by atoms with Gasteiger partial charge in [0.2, 0.25) is 0 Å². The fourth-order valence-electron chi connectivity index (χ4n) is 1.68. The Labute approximate surface area is 120 Å². The number of aromatic nitrogens is 2. The van der Waals surface area contributed by atoms with Gasteiger partial charge in [-0.2, -0.15) is 0 Å². The maximum atomic E-state index is 11.4. The zero-order valence-electron chi connectivity index (χ0n) is 13.8. The number of benzene rings is 1. The Morgan fingerprint density at radius 3 is 2.90 bits per heavy atom. The van der Waals surface area contributed by atoms with Crippen LogP contribution in [0.2, 0.25) is 0 Å². The molecule has 0 aliphatic rings. The average molecular weight is 283 g/mol. The molecule has 2 aromatic rings. The van der Waals surface area contributed by atoms with Crippen molar-refractivity contribution < 1.29 is 12.6 Å². The molecule has 1 aromatic heterocycles. The highest BCUT2D eigenvalue weighted by molar-refractivity contribution is 5.80. The smallest absolute Gasteiger partial charge is 0.323 e. The van der Waals surface area contributed by atoms with Crippen molar-refractivity contribution >= 4 is 11.0 Å². The SMILES string of the molecule is [3H]c1cc([3H])c2[nH]c(=O)[nH]c2c1OC[C@@H](O)CNC(C)(C)C. The van der Waals surface area contributed by atoms with E-state index in [-0.39, 0.29) is 35.5 Å². The minimum atomic E-state index is -0.755. The third kappa shape index (κ3) is 3.85. The van der Waals surface area contributed by atoms with Gasteiger partial charge in [-0.25, -0.2) is 4.79 Å². The van der Waals surface area contributed by atoms with Gasteiger partial charge in [0.25, 0.3) is 0 Å². The summed E-state index contributed by atoms with van der Waals surface area (Å²) in [5, 5.41) is 13.1. The van der Waals surface area contributed by atoms with Crippen molar-refractivity contribution in [3.63, 3.8) is 0 Å². The molecule has 1 heterocycles. The number of β-amino-alcohol motifs (C(OH)–C–C–N with tert-alkyl or cyclic N) is 1. The first kappa shape index (κ1) is 12.0. The molecule has 4 N–H and O–H groups in total. The normalized spacial score (nSPS) is 15.0. The van der Waals surface area contributed by atoms with Crippen LogP contribution in [0.1, 0.15) is 23.5 Å². The molecule has 0 saturated carbocycles. The first-order valence-corrected chi connectivity index (χ1v) is 6.45. The molecule has 0 saturated heterocycles. The largest absolute Gasteiger partial charge is 0.489 e. The number of H-pyrrole nitrogens is 2. The molecular weight excluding hydrogens is 258 g/mol. The van der Waals surface area contributed by atoms with Crippen LogP contribution < -0.4 is 15.7 Å². The Hall–Kier alpha value is -1.79. The second-order valence-corrected chi connectivity index (χ2v) is 5.69. The van der Waals surface area contributed by atoms with Crippen molar-refractivity contribution in [3.8, 4) is 5.75 Å². The number of imidazole rings is 1. The van der Waals surface area contributed by atoms with E-state index in [1.54, 1.807) is 0 Å². The number of aliphatic hydroxyl groups excluding tert-OH is 1. The summed E-state index contributed by atoms with van der Waals surface area (Å²) in [5.41, 5.74) is -0.0150. The number of aromatic amines is 2. The Morgan fingerprint density at radius 1 is 1.45 bits per heavy atom. The van der Waals surface area contributed by atoms with Gasteiger partial charge in [0.05, 0.1) is 8.26 Å². The molecular formula is C14H21N3O3. The van der Waals surface area contributed by atoms with Crippen LogP contribution in [0.4, 0.5) is 0 Å². The maximum absolute atomic E-state index is 11.4. The van der Waals surface area contributed by atoms with E-state index < -0.39 is 11.8 Å². The van der Waals surface area contributed by atoms with Crippen LogP contribution in [0.5, 0.6) is 5.75 Å². The molecule has 2 rings (SSSR count). The second kappa shape index (κ2) is 5.68. The summed E-state index contributed by atoms with van der Waals surface area (Å²) in [5.74, 6) is 0.152. The number of nitrogens with one attached hydrogen (secondary N) is 3. The van der Waals surface area contributed by atoms with Crippen LogP contribution in [0.3, 0.4) is 0 Å². The number of hydrogen-bond donors (Lipinski definition) is 4. The zero-order chi connectivity index (χ0) is 16.5. The van der Waals surface area contributed by atoms with Gasteiger partial charge in [-0.1, -0.05) is 6.07 Å². The molecule has 20 heavy (non-hydrogen) atoms. The van der Waals surface area contributed by atoms with E-state index in [1.165, 1.54) is 6.07 Å². The first-order valence-electron chi connectivity index (χ1n) is 7.45. The quantitative estimate of drug-likeness (QED) is 0.658.